The standard InChI is InChI=1S/C20H24FN3OS.ClH/c21-16-6-1-13(2-7-16)11-17-19(15-4-5-15)24-20(26-17)23-18(25)8-3-14-9-10-22-12-14;/h1-2,6-7,14-15,22H,3-5,8-12H2,(H,23,24,25);1H. The van der Waals surface area contributed by atoms with Gasteiger partial charge in [0.2, 0.25) is 5.91 Å². The molecular weight excluding hydrogens is 385 g/mol. The molecule has 1 unspecified atom stereocenters. The molecule has 1 aromatic heterocycles. The van der Waals surface area contributed by atoms with Crippen molar-refractivity contribution in [1.29, 1.82) is 0 Å². The highest BCUT2D eigenvalue weighted by Crippen LogP contribution is 2.44. The monoisotopic (exact) mass is 409 g/mol. The van der Waals surface area contributed by atoms with E-state index in [9.17, 15) is 9.18 Å². The number of aromatic nitrogens is 1. The molecule has 1 aliphatic heterocycles. The highest BCUT2D eigenvalue weighted by atomic mass is 35.5. The van der Waals surface area contributed by atoms with Crippen LogP contribution in [-0.2, 0) is 11.2 Å². The van der Waals surface area contributed by atoms with Crippen molar-refractivity contribution in [3.05, 3.63) is 46.2 Å². The Hall–Kier alpha value is -1.50. The molecule has 2 N–H and O–H groups in total. The number of thiazole rings is 1. The topological polar surface area (TPSA) is 54.0 Å². The van der Waals surface area contributed by atoms with Gasteiger partial charge in [-0.3, -0.25) is 4.79 Å². The Morgan fingerprint density at radius 3 is 2.70 bits per heavy atom. The van der Waals surface area contributed by atoms with Crippen LogP contribution in [0.2, 0.25) is 0 Å². The number of hydrogen-bond donors (Lipinski definition) is 2. The highest BCUT2D eigenvalue weighted by molar-refractivity contribution is 7.15. The van der Waals surface area contributed by atoms with E-state index in [1.807, 2.05) is 12.1 Å². The van der Waals surface area contributed by atoms with Crippen molar-refractivity contribution in [2.75, 3.05) is 18.4 Å². The molecule has 2 aromatic rings. The van der Waals surface area contributed by atoms with Gasteiger partial charge in [-0.1, -0.05) is 12.1 Å². The summed E-state index contributed by atoms with van der Waals surface area (Å²) in [4.78, 5) is 18.2. The molecule has 1 aliphatic carbocycles. The minimum absolute atomic E-state index is 0. The van der Waals surface area contributed by atoms with Crippen molar-refractivity contribution in [2.24, 2.45) is 5.92 Å². The second kappa shape index (κ2) is 9.13. The van der Waals surface area contributed by atoms with E-state index in [-0.39, 0.29) is 24.1 Å². The van der Waals surface area contributed by atoms with E-state index >= 15 is 0 Å². The summed E-state index contributed by atoms with van der Waals surface area (Å²) in [6, 6.07) is 6.63. The minimum atomic E-state index is -0.217. The largest absolute Gasteiger partial charge is 0.316 e. The number of nitrogens with zero attached hydrogens (tertiary/aromatic N) is 1. The number of carbonyl (C=O) groups is 1. The van der Waals surface area contributed by atoms with Gasteiger partial charge in [0.05, 0.1) is 5.69 Å². The Kier molecular flexibility index (Phi) is 6.84. The third kappa shape index (κ3) is 5.50. The van der Waals surface area contributed by atoms with Gasteiger partial charge in [0.15, 0.2) is 5.13 Å². The zero-order chi connectivity index (χ0) is 17.9. The molecule has 1 amide bonds. The lowest BCUT2D eigenvalue weighted by Crippen LogP contribution is -2.14. The van der Waals surface area contributed by atoms with Crippen LogP contribution in [0.3, 0.4) is 0 Å². The van der Waals surface area contributed by atoms with Crippen molar-refractivity contribution in [1.82, 2.24) is 10.3 Å². The van der Waals surface area contributed by atoms with Crippen molar-refractivity contribution in [3.8, 4) is 0 Å². The van der Waals surface area contributed by atoms with Crippen LogP contribution in [-0.4, -0.2) is 24.0 Å². The molecule has 4 nitrogen and oxygen atoms in total. The van der Waals surface area contributed by atoms with E-state index in [0.29, 0.717) is 23.4 Å². The van der Waals surface area contributed by atoms with Crippen molar-refractivity contribution >= 4 is 34.8 Å². The first-order valence-corrected chi connectivity index (χ1v) is 10.2. The molecule has 0 bridgehead atoms. The van der Waals surface area contributed by atoms with E-state index in [0.717, 1.165) is 43.6 Å². The number of carbonyl (C=O) groups excluding carboxylic acids is 1. The lowest BCUT2D eigenvalue weighted by Gasteiger charge is -2.07. The first kappa shape index (κ1) is 20.2. The third-order valence-electron chi connectivity index (χ3n) is 5.16. The van der Waals surface area contributed by atoms with Crippen LogP contribution in [0.4, 0.5) is 9.52 Å². The Balaban J connectivity index is 0.00000210. The van der Waals surface area contributed by atoms with Gasteiger partial charge >= 0.3 is 0 Å². The number of amides is 1. The van der Waals surface area contributed by atoms with E-state index in [1.54, 1.807) is 11.3 Å². The van der Waals surface area contributed by atoms with Crippen LogP contribution in [0.25, 0.3) is 0 Å². The summed E-state index contributed by atoms with van der Waals surface area (Å²) in [5.74, 6) is 0.984. The molecule has 1 aromatic carbocycles. The summed E-state index contributed by atoms with van der Waals surface area (Å²) in [5.41, 5.74) is 2.19. The average Bonchev–Trinajstić information content (AvgIpc) is 3.19. The molecule has 1 saturated carbocycles. The molecule has 1 atom stereocenters. The number of benzene rings is 1. The number of halogens is 2. The molecule has 1 saturated heterocycles. The Bertz CT molecular complexity index is 770. The Morgan fingerprint density at radius 1 is 1.26 bits per heavy atom. The van der Waals surface area contributed by atoms with Crippen molar-refractivity contribution in [3.63, 3.8) is 0 Å². The van der Waals surface area contributed by atoms with E-state index in [2.05, 4.69) is 10.6 Å². The first-order valence-electron chi connectivity index (χ1n) is 9.42. The van der Waals surface area contributed by atoms with Gasteiger partial charge in [0.1, 0.15) is 5.82 Å². The van der Waals surface area contributed by atoms with Gasteiger partial charge in [-0.05, 0) is 62.4 Å². The summed E-state index contributed by atoms with van der Waals surface area (Å²) in [5, 5.41) is 7.04. The molecule has 0 radical (unpaired) electrons. The SMILES string of the molecule is Cl.O=C(CCC1CCNC1)Nc1nc(C2CC2)c(Cc2ccc(F)cc2)s1. The predicted molar refractivity (Wildman–Crippen MR) is 109 cm³/mol. The number of rotatable bonds is 7. The molecule has 2 heterocycles. The van der Waals surface area contributed by atoms with Gasteiger partial charge in [-0.25, -0.2) is 9.37 Å². The quantitative estimate of drug-likeness (QED) is 0.707. The molecule has 2 aliphatic rings. The first-order chi connectivity index (χ1) is 12.7. The highest BCUT2D eigenvalue weighted by Gasteiger charge is 2.30. The Labute approximate surface area is 169 Å². The van der Waals surface area contributed by atoms with Crippen LogP contribution in [0.5, 0.6) is 0 Å². The summed E-state index contributed by atoms with van der Waals surface area (Å²) in [7, 11) is 0. The van der Waals surface area contributed by atoms with Gasteiger partial charge in [0.25, 0.3) is 0 Å². The van der Waals surface area contributed by atoms with Crippen molar-refractivity contribution in [2.45, 2.75) is 44.4 Å². The maximum atomic E-state index is 13.1. The van der Waals surface area contributed by atoms with E-state index < -0.39 is 0 Å². The van der Waals surface area contributed by atoms with Gasteiger partial charge in [0, 0.05) is 23.6 Å². The van der Waals surface area contributed by atoms with Crippen LogP contribution in [0, 0.1) is 11.7 Å². The summed E-state index contributed by atoms with van der Waals surface area (Å²) in [6.07, 6.45) is 5.73. The second-order valence-electron chi connectivity index (χ2n) is 7.35. The fraction of sp³-hybridized carbons (Fsp3) is 0.500. The van der Waals surface area contributed by atoms with Crippen LogP contribution < -0.4 is 10.6 Å². The smallest absolute Gasteiger partial charge is 0.226 e. The number of anilines is 1. The zero-order valence-electron chi connectivity index (χ0n) is 15.2. The molecular formula is C20H25ClFN3OS. The number of nitrogens with one attached hydrogen (secondary N) is 2. The van der Waals surface area contributed by atoms with Crippen molar-refractivity contribution < 1.29 is 9.18 Å². The van der Waals surface area contributed by atoms with Gasteiger partial charge < -0.3 is 10.6 Å². The summed E-state index contributed by atoms with van der Waals surface area (Å²) in [6.45, 7) is 2.09. The van der Waals surface area contributed by atoms with Crippen LogP contribution in [0.1, 0.15) is 54.2 Å². The molecule has 0 spiro atoms. The maximum Gasteiger partial charge on any atom is 0.226 e. The average molecular weight is 410 g/mol. The second-order valence-corrected chi connectivity index (χ2v) is 8.43. The number of hydrogen-bond acceptors (Lipinski definition) is 4. The Morgan fingerprint density at radius 2 is 2.04 bits per heavy atom. The summed E-state index contributed by atoms with van der Waals surface area (Å²) < 4.78 is 13.1. The third-order valence-corrected chi connectivity index (χ3v) is 6.14. The molecule has 27 heavy (non-hydrogen) atoms. The fourth-order valence-electron chi connectivity index (χ4n) is 3.48. The molecule has 7 heteroatoms. The fourth-order valence-corrected chi connectivity index (χ4v) is 4.58. The van der Waals surface area contributed by atoms with Crippen LogP contribution >= 0.6 is 23.7 Å². The van der Waals surface area contributed by atoms with Crippen LogP contribution in [0.15, 0.2) is 24.3 Å². The summed E-state index contributed by atoms with van der Waals surface area (Å²) >= 11 is 1.56. The van der Waals surface area contributed by atoms with E-state index in [4.69, 9.17) is 4.98 Å². The van der Waals surface area contributed by atoms with E-state index in [1.165, 1.54) is 29.9 Å². The predicted octanol–water partition coefficient (Wildman–Crippen LogP) is 4.50. The lowest BCUT2D eigenvalue weighted by atomic mass is 10.0. The lowest BCUT2D eigenvalue weighted by molar-refractivity contribution is -0.116. The molecule has 146 valence electrons. The maximum absolute atomic E-state index is 13.1. The molecule has 4 rings (SSSR count). The molecule has 2 fully saturated rings. The normalized spacial score (nSPS) is 18.9. The minimum Gasteiger partial charge on any atom is -0.316 e. The zero-order valence-corrected chi connectivity index (χ0v) is 16.8. The van der Waals surface area contributed by atoms with Gasteiger partial charge in [-0.15, -0.1) is 23.7 Å². The van der Waals surface area contributed by atoms with Gasteiger partial charge in [-0.2, -0.15) is 0 Å².